The van der Waals surface area contributed by atoms with Crippen molar-refractivity contribution < 1.29 is 0 Å². The Bertz CT molecular complexity index is 570. The second-order valence-corrected chi connectivity index (χ2v) is 5.70. The first-order chi connectivity index (χ1) is 8.90. The van der Waals surface area contributed by atoms with Gasteiger partial charge in [-0.3, -0.25) is 4.98 Å². The molecule has 2 heteroatoms. The van der Waals surface area contributed by atoms with Gasteiger partial charge in [0.15, 0.2) is 0 Å². The molecule has 1 aromatic heterocycles. The van der Waals surface area contributed by atoms with Gasteiger partial charge in [-0.25, -0.2) is 0 Å². The Kier molecular flexibility index (Phi) is 2.37. The molecule has 3 aliphatic heterocycles. The van der Waals surface area contributed by atoms with Crippen LogP contribution >= 0.6 is 0 Å². The van der Waals surface area contributed by atoms with E-state index < -0.39 is 0 Å². The Morgan fingerprint density at radius 3 is 2.78 bits per heavy atom. The van der Waals surface area contributed by atoms with Crippen molar-refractivity contribution in [2.24, 2.45) is 5.92 Å². The fourth-order valence-electron chi connectivity index (χ4n) is 3.67. The van der Waals surface area contributed by atoms with Crippen molar-refractivity contribution in [2.45, 2.75) is 18.8 Å². The highest BCUT2D eigenvalue weighted by molar-refractivity contribution is 5.79. The van der Waals surface area contributed by atoms with Crippen LogP contribution in [0.3, 0.4) is 0 Å². The van der Waals surface area contributed by atoms with E-state index in [2.05, 4.69) is 34.1 Å². The molecular weight excluding hydrogens is 220 g/mol. The van der Waals surface area contributed by atoms with E-state index in [-0.39, 0.29) is 0 Å². The number of hydrogen-bond donors (Lipinski definition) is 0. The van der Waals surface area contributed by atoms with Crippen LogP contribution in [0.25, 0.3) is 10.9 Å². The maximum atomic E-state index is 4.40. The molecule has 0 radical (unpaired) electrons. The molecule has 1 atom stereocenters. The molecule has 0 spiro atoms. The number of benzene rings is 1. The largest absolute Gasteiger partial charge is 0.303 e. The Balaban J connectivity index is 1.74. The fraction of sp³-hybridized carbons (Fsp3) is 0.438. The van der Waals surface area contributed by atoms with E-state index in [4.69, 9.17) is 0 Å². The standard InChI is InChI=1S/C16H18N2/c1-2-14-10-13(3-4-16(14)17-7-1)15-11-18-8-5-12(15)6-9-18/h1-4,7,10,12,15H,5-6,8-9,11H2. The molecule has 2 bridgehead atoms. The number of hydrogen-bond acceptors (Lipinski definition) is 2. The minimum absolute atomic E-state index is 0.747. The average Bonchev–Trinajstić information content (AvgIpc) is 2.48. The van der Waals surface area contributed by atoms with Crippen LogP contribution < -0.4 is 0 Å². The third-order valence-corrected chi connectivity index (χ3v) is 4.71. The van der Waals surface area contributed by atoms with Crippen LogP contribution in [0.1, 0.15) is 24.3 Å². The summed E-state index contributed by atoms with van der Waals surface area (Å²) in [6, 6.07) is 11.0. The van der Waals surface area contributed by atoms with Crippen LogP contribution in [0, 0.1) is 5.92 Å². The van der Waals surface area contributed by atoms with Gasteiger partial charge in [0.2, 0.25) is 0 Å². The second-order valence-electron chi connectivity index (χ2n) is 5.70. The molecule has 0 saturated carbocycles. The van der Waals surface area contributed by atoms with Gasteiger partial charge >= 0.3 is 0 Å². The lowest BCUT2D eigenvalue weighted by molar-refractivity contribution is 0.0871. The van der Waals surface area contributed by atoms with Crippen molar-refractivity contribution >= 4 is 10.9 Å². The van der Waals surface area contributed by atoms with Gasteiger partial charge in [-0.05, 0) is 61.5 Å². The molecule has 2 nitrogen and oxygen atoms in total. The SMILES string of the molecule is c1cnc2ccc(C3CN4CCC3CC4)cc2c1. The van der Waals surface area contributed by atoms with Crippen molar-refractivity contribution in [3.8, 4) is 0 Å². The molecule has 0 amide bonds. The smallest absolute Gasteiger partial charge is 0.0702 e. The molecule has 5 rings (SSSR count). The monoisotopic (exact) mass is 238 g/mol. The number of rotatable bonds is 1. The fourth-order valence-corrected chi connectivity index (χ4v) is 3.67. The van der Waals surface area contributed by atoms with Gasteiger partial charge in [0.05, 0.1) is 5.52 Å². The third kappa shape index (κ3) is 1.64. The number of pyridine rings is 1. The Morgan fingerprint density at radius 1 is 1.11 bits per heavy atom. The zero-order chi connectivity index (χ0) is 11.9. The van der Waals surface area contributed by atoms with Gasteiger partial charge < -0.3 is 4.90 Å². The number of aromatic nitrogens is 1. The van der Waals surface area contributed by atoms with Gasteiger partial charge in [0.25, 0.3) is 0 Å². The highest BCUT2D eigenvalue weighted by atomic mass is 15.1. The summed E-state index contributed by atoms with van der Waals surface area (Å²) in [5, 5.41) is 1.28. The molecule has 0 aliphatic carbocycles. The van der Waals surface area contributed by atoms with Gasteiger partial charge in [-0.2, -0.15) is 0 Å². The van der Waals surface area contributed by atoms with Crippen molar-refractivity contribution in [3.05, 3.63) is 42.1 Å². The highest BCUT2D eigenvalue weighted by Gasteiger charge is 2.34. The summed E-state index contributed by atoms with van der Waals surface area (Å²) in [5.74, 6) is 1.65. The minimum Gasteiger partial charge on any atom is -0.303 e. The molecule has 2 aromatic rings. The predicted molar refractivity (Wildman–Crippen MR) is 73.6 cm³/mol. The summed E-state index contributed by atoms with van der Waals surface area (Å²) < 4.78 is 0. The number of nitrogens with zero attached hydrogens (tertiary/aromatic N) is 2. The predicted octanol–water partition coefficient (Wildman–Crippen LogP) is 3.04. The van der Waals surface area contributed by atoms with Crippen molar-refractivity contribution in [2.75, 3.05) is 19.6 Å². The highest BCUT2D eigenvalue weighted by Crippen LogP contribution is 2.39. The summed E-state index contributed by atoms with van der Waals surface area (Å²) in [6.45, 7) is 3.89. The summed E-state index contributed by atoms with van der Waals surface area (Å²) >= 11 is 0. The first-order valence-corrected chi connectivity index (χ1v) is 6.97. The average molecular weight is 238 g/mol. The van der Waals surface area contributed by atoms with Crippen LogP contribution in [0.15, 0.2) is 36.5 Å². The number of fused-ring (bicyclic) bond motifs is 4. The molecule has 3 fully saturated rings. The van der Waals surface area contributed by atoms with Crippen molar-refractivity contribution in [3.63, 3.8) is 0 Å². The van der Waals surface area contributed by atoms with E-state index in [1.807, 2.05) is 12.3 Å². The second kappa shape index (κ2) is 4.06. The maximum absolute atomic E-state index is 4.40. The van der Waals surface area contributed by atoms with Crippen LogP contribution in [0.5, 0.6) is 0 Å². The zero-order valence-electron chi connectivity index (χ0n) is 10.5. The van der Waals surface area contributed by atoms with Gasteiger partial charge in [-0.1, -0.05) is 12.1 Å². The molecule has 4 heterocycles. The van der Waals surface area contributed by atoms with Gasteiger partial charge in [-0.15, -0.1) is 0 Å². The maximum Gasteiger partial charge on any atom is 0.0702 e. The van der Waals surface area contributed by atoms with E-state index in [0.717, 1.165) is 17.4 Å². The van der Waals surface area contributed by atoms with Crippen LogP contribution in [0.4, 0.5) is 0 Å². The molecule has 92 valence electrons. The Labute approximate surface area is 108 Å². The summed E-state index contributed by atoms with van der Waals surface area (Å²) in [7, 11) is 0. The quantitative estimate of drug-likeness (QED) is 0.759. The van der Waals surface area contributed by atoms with Crippen LogP contribution in [-0.2, 0) is 0 Å². The van der Waals surface area contributed by atoms with E-state index in [1.165, 1.54) is 43.4 Å². The van der Waals surface area contributed by atoms with Gasteiger partial charge in [0, 0.05) is 18.1 Å². The first-order valence-electron chi connectivity index (χ1n) is 6.97. The van der Waals surface area contributed by atoms with Crippen molar-refractivity contribution in [1.82, 2.24) is 9.88 Å². The summed E-state index contributed by atoms with van der Waals surface area (Å²) in [4.78, 5) is 7.03. The molecule has 1 unspecified atom stereocenters. The number of piperidine rings is 3. The molecule has 18 heavy (non-hydrogen) atoms. The van der Waals surface area contributed by atoms with E-state index in [9.17, 15) is 0 Å². The van der Waals surface area contributed by atoms with Crippen molar-refractivity contribution in [1.29, 1.82) is 0 Å². The van der Waals surface area contributed by atoms with E-state index in [1.54, 1.807) is 0 Å². The first kappa shape index (κ1) is 10.5. The van der Waals surface area contributed by atoms with E-state index in [0.29, 0.717) is 0 Å². The topological polar surface area (TPSA) is 16.1 Å². The Morgan fingerprint density at radius 2 is 2.00 bits per heavy atom. The van der Waals surface area contributed by atoms with Crippen LogP contribution in [-0.4, -0.2) is 29.5 Å². The molecule has 0 N–H and O–H groups in total. The molecule has 1 aromatic carbocycles. The summed E-state index contributed by atoms with van der Waals surface area (Å²) in [6.07, 6.45) is 4.64. The minimum atomic E-state index is 0.747. The zero-order valence-corrected chi connectivity index (χ0v) is 10.5. The Hall–Kier alpha value is -1.41. The lowest BCUT2D eigenvalue weighted by Gasteiger charge is -2.45. The molecular formula is C16H18N2. The normalized spacial score (nSPS) is 30.8. The van der Waals surface area contributed by atoms with E-state index >= 15 is 0 Å². The lowest BCUT2D eigenvalue weighted by atomic mass is 9.75. The molecule has 3 aliphatic rings. The lowest BCUT2D eigenvalue weighted by Crippen LogP contribution is -2.46. The third-order valence-electron chi connectivity index (χ3n) is 4.71. The molecule has 3 saturated heterocycles. The van der Waals surface area contributed by atoms with Crippen LogP contribution in [0.2, 0.25) is 0 Å². The van der Waals surface area contributed by atoms with Gasteiger partial charge in [0.1, 0.15) is 0 Å². The summed E-state index contributed by atoms with van der Waals surface area (Å²) in [5.41, 5.74) is 2.63.